The van der Waals surface area contributed by atoms with Crippen molar-refractivity contribution in [2.75, 3.05) is 25.1 Å². The van der Waals surface area contributed by atoms with E-state index in [1.54, 1.807) is 31.2 Å². The lowest BCUT2D eigenvalue weighted by atomic mass is 10.2. The van der Waals surface area contributed by atoms with E-state index in [9.17, 15) is 14.7 Å². The van der Waals surface area contributed by atoms with E-state index in [1.807, 2.05) is 12.1 Å². The van der Waals surface area contributed by atoms with E-state index in [1.165, 1.54) is 9.80 Å². The molecule has 1 fully saturated rings. The molecule has 6 nitrogen and oxygen atoms in total. The molecule has 1 aliphatic heterocycles. The highest BCUT2D eigenvalue weighted by atomic mass is 32.2. The molecule has 20 heavy (non-hydrogen) atoms. The number of aliphatic carboxylic acids is 1. The van der Waals surface area contributed by atoms with Gasteiger partial charge in [-0.2, -0.15) is 11.8 Å². The van der Waals surface area contributed by atoms with Crippen LogP contribution >= 0.6 is 11.8 Å². The number of aromatic nitrogens is 1. The van der Waals surface area contributed by atoms with Crippen LogP contribution in [0.15, 0.2) is 24.5 Å². The summed E-state index contributed by atoms with van der Waals surface area (Å²) in [6, 6.07) is 2.71. The first-order valence-electron chi connectivity index (χ1n) is 6.31. The maximum absolute atomic E-state index is 12.4. The molecule has 0 aromatic carbocycles. The van der Waals surface area contributed by atoms with Gasteiger partial charge < -0.3 is 14.9 Å². The molecule has 7 heteroatoms. The summed E-state index contributed by atoms with van der Waals surface area (Å²) in [5.74, 6) is 0.276. The standard InChI is InChI=1S/C13H17N3O3S/c1-15(8-10-3-2-4-14-7-10)13(19)16-5-6-20-9-11(16)12(17)18/h2-4,7,11H,5-6,8-9H2,1H3,(H,17,18). The first kappa shape index (κ1) is 14.6. The zero-order chi connectivity index (χ0) is 14.5. The largest absolute Gasteiger partial charge is 0.480 e. The van der Waals surface area contributed by atoms with Gasteiger partial charge in [-0.1, -0.05) is 6.07 Å². The van der Waals surface area contributed by atoms with Gasteiger partial charge in [-0.05, 0) is 11.6 Å². The van der Waals surface area contributed by atoms with Crippen molar-refractivity contribution in [1.29, 1.82) is 0 Å². The predicted molar refractivity (Wildman–Crippen MR) is 76.6 cm³/mol. The first-order chi connectivity index (χ1) is 9.59. The van der Waals surface area contributed by atoms with Gasteiger partial charge in [0, 0.05) is 44.0 Å². The van der Waals surface area contributed by atoms with Gasteiger partial charge in [0.15, 0.2) is 0 Å². The van der Waals surface area contributed by atoms with Crippen molar-refractivity contribution in [3.05, 3.63) is 30.1 Å². The minimum absolute atomic E-state index is 0.249. The van der Waals surface area contributed by atoms with E-state index in [0.717, 1.165) is 11.3 Å². The smallest absolute Gasteiger partial charge is 0.327 e. The number of thioether (sulfide) groups is 1. The molecule has 1 aromatic heterocycles. The molecule has 0 bridgehead atoms. The second-order valence-electron chi connectivity index (χ2n) is 4.62. The van der Waals surface area contributed by atoms with Crippen molar-refractivity contribution in [2.45, 2.75) is 12.6 Å². The highest BCUT2D eigenvalue weighted by molar-refractivity contribution is 7.99. The summed E-state index contributed by atoms with van der Waals surface area (Å²) in [7, 11) is 1.68. The number of amides is 2. The van der Waals surface area contributed by atoms with Crippen LogP contribution in [0.2, 0.25) is 0 Å². The number of hydrogen-bond donors (Lipinski definition) is 1. The number of urea groups is 1. The average molecular weight is 295 g/mol. The molecule has 1 N–H and O–H groups in total. The number of rotatable bonds is 3. The molecule has 1 aliphatic rings. The van der Waals surface area contributed by atoms with Gasteiger partial charge in [0.25, 0.3) is 0 Å². The van der Waals surface area contributed by atoms with Crippen LogP contribution in [0.25, 0.3) is 0 Å². The van der Waals surface area contributed by atoms with Crippen LogP contribution in [0.4, 0.5) is 4.79 Å². The van der Waals surface area contributed by atoms with E-state index in [2.05, 4.69) is 4.98 Å². The summed E-state index contributed by atoms with van der Waals surface area (Å²) >= 11 is 1.56. The third kappa shape index (κ3) is 3.41. The van der Waals surface area contributed by atoms with Crippen molar-refractivity contribution in [3.63, 3.8) is 0 Å². The maximum atomic E-state index is 12.4. The third-order valence-corrected chi connectivity index (χ3v) is 4.15. The molecule has 1 aromatic rings. The quantitative estimate of drug-likeness (QED) is 0.905. The van der Waals surface area contributed by atoms with Gasteiger partial charge in [-0.15, -0.1) is 0 Å². The van der Waals surface area contributed by atoms with Crippen molar-refractivity contribution in [1.82, 2.24) is 14.8 Å². The fourth-order valence-electron chi connectivity index (χ4n) is 2.09. The lowest BCUT2D eigenvalue weighted by molar-refractivity contribution is -0.141. The van der Waals surface area contributed by atoms with Gasteiger partial charge in [0.05, 0.1) is 0 Å². The topological polar surface area (TPSA) is 73.7 Å². The molecular formula is C13H17N3O3S. The highest BCUT2D eigenvalue weighted by Gasteiger charge is 2.33. The molecule has 0 radical (unpaired) electrons. The van der Waals surface area contributed by atoms with Crippen LogP contribution in [-0.4, -0.2) is 63.0 Å². The van der Waals surface area contributed by atoms with Crippen LogP contribution in [0.3, 0.4) is 0 Å². The lowest BCUT2D eigenvalue weighted by Gasteiger charge is -2.35. The molecule has 2 amide bonds. The number of carboxylic acids is 1. The molecule has 2 rings (SSSR count). The Labute approximate surface area is 121 Å². The Kier molecular flexibility index (Phi) is 4.84. The number of nitrogens with zero attached hydrogens (tertiary/aromatic N) is 3. The van der Waals surface area contributed by atoms with Crippen LogP contribution in [0, 0.1) is 0 Å². The third-order valence-electron chi connectivity index (χ3n) is 3.13. The molecule has 1 saturated heterocycles. The molecule has 108 valence electrons. The molecule has 0 aliphatic carbocycles. The van der Waals surface area contributed by atoms with Crippen molar-refractivity contribution in [2.24, 2.45) is 0 Å². The summed E-state index contributed by atoms with van der Waals surface area (Å²) in [6.45, 7) is 0.889. The van der Waals surface area contributed by atoms with Gasteiger partial charge >= 0.3 is 12.0 Å². The fourth-order valence-corrected chi connectivity index (χ4v) is 3.13. The first-order valence-corrected chi connectivity index (χ1v) is 7.46. The second kappa shape index (κ2) is 6.60. The number of pyridine rings is 1. The van der Waals surface area contributed by atoms with Gasteiger partial charge in [-0.25, -0.2) is 9.59 Å². The van der Waals surface area contributed by atoms with Gasteiger partial charge in [0.2, 0.25) is 0 Å². The Morgan fingerprint density at radius 1 is 1.60 bits per heavy atom. The maximum Gasteiger partial charge on any atom is 0.327 e. The monoisotopic (exact) mass is 295 g/mol. The Balaban J connectivity index is 2.03. The summed E-state index contributed by atoms with van der Waals surface area (Å²) in [4.78, 5) is 30.6. The van der Waals surface area contributed by atoms with Crippen LogP contribution in [-0.2, 0) is 11.3 Å². The summed E-state index contributed by atoms with van der Waals surface area (Å²) in [5, 5.41) is 9.19. The minimum Gasteiger partial charge on any atom is -0.480 e. The van der Waals surface area contributed by atoms with Crippen LogP contribution in [0.5, 0.6) is 0 Å². The average Bonchev–Trinajstić information content (AvgIpc) is 2.47. The van der Waals surface area contributed by atoms with Crippen molar-refractivity contribution < 1.29 is 14.7 Å². The van der Waals surface area contributed by atoms with Crippen molar-refractivity contribution >= 4 is 23.8 Å². The van der Waals surface area contributed by atoms with E-state index >= 15 is 0 Å². The number of carbonyl (C=O) groups is 2. The second-order valence-corrected chi connectivity index (χ2v) is 5.77. The normalized spacial score (nSPS) is 18.6. The molecule has 1 unspecified atom stereocenters. The summed E-state index contributed by atoms with van der Waals surface area (Å²) in [6.07, 6.45) is 3.37. The Morgan fingerprint density at radius 3 is 3.05 bits per heavy atom. The molecule has 2 heterocycles. The summed E-state index contributed by atoms with van der Waals surface area (Å²) < 4.78 is 0. The van der Waals surface area contributed by atoms with Gasteiger partial charge in [0.1, 0.15) is 6.04 Å². The lowest BCUT2D eigenvalue weighted by Crippen LogP contribution is -2.53. The van der Waals surface area contributed by atoms with Crippen LogP contribution < -0.4 is 0 Å². The molecule has 0 saturated carbocycles. The molecule has 1 atom stereocenters. The predicted octanol–water partition coefficient (Wildman–Crippen LogP) is 1.14. The highest BCUT2D eigenvalue weighted by Crippen LogP contribution is 2.18. The van der Waals surface area contributed by atoms with E-state index in [4.69, 9.17) is 0 Å². The molecular weight excluding hydrogens is 278 g/mol. The van der Waals surface area contributed by atoms with E-state index < -0.39 is 12.0 Å². The number of hydrogen-bond acceptors (Lipinski definition) is 4. The van der Waals surface area contributed by atoms with Crippen LogP contribution in [0.1, 0.15) is 5.56 Å². The zero-order valence-electron chi connectivity index (χ0n) is 11.2. The number of carboxylic acid groups (broad SMARTS) is 1. The van der Waals surface area contributed by atoms with E-state index in [0.29, 0.717) is 18.8 Å². The fraction of sp³-hybridized carbons (Fsp3) is 0.462. The number of carbonyl (C=O) groups excluding carboxylic acids is 1. The minimum atomic E-state index is -0.944. The van der Waals surface area contributed by atoms with Gasteiger partial charge in [-0.3, -0.25) is 4.98 Å². The zero-order valence-corrected chi connectivity index (χ0v) is 12.0. The summed E-state index contributed by atoms with van der Waals surface area (Å²) in [5.41, 5.74) is 0.918. The Morgan fingerprint density at radius 2 is 2.40 bits per heavy atom. The molecule has 0 spiro atoms. The Hall–Kier alpha value is -1.76. The SMILES string of the molecule is CN(Cc1cccnc1)C(=O)N1CCSCC1C(=O)O. The van der Waals surface area contributed by atoms with E-state index in [-0.39, 0.29) is 6.03 Å². The van der Waals surface area contributed by atoms with Crippen molar-refractivity contribution in [3.8, 4) is 0 Å². The Bertz CT molecular complexity index is 483.